The molecule has 0 aliphatic rings. The van der Waals surface area contributed by atoms with Gasteiger partial charge in [-0.2, -0.15) is 0 Å². The Morgan fingerprint density at radius 3 is 1.73 bits per heavy atom. The molecule has 22 heavy (non-hydrogen) atoms. The van der Waals surface area contributed by atoms with Gasteiger partial charge in [-0.05, 0) is 16.7 Å². The monoisotopic (exact) mass is 296 g/mol. The summed E-state index contributed by atoms with van der Waals surface area (Å²) < 4.78 is 4.78. The Labute approximate surface area is 128 Å². The molecular weight excluding hydrogens is 280 g/mol. The van der Waals surface area contributed by atoms with Gasteiger partial charge in [0.25, 0.3) is 0 Å². The number of ether oxygens (including phenoxy) is 1. The second-order valence-electron chi connectivity index (χ2n) is 4.65. The van der Waals surface area contributed by atoms with Crippen LogP contribution in [-0.2, 0) is 14.3 Å². The van der Waals surface area contributed by atoms with Crippen molar-refractivity contribution in [1.82, 2.24) is 0 Å². The molecule has 0 bridgehead atoms. The van der Waals surface area contributed by atoms with Crippen LogP contribution < -0.4 is 0 Å². The minimum Gasteiger partial charge on any atom is -0.481 e. The maximum Gasteiger partial charge on any atom is 0.334 e. The van der Waals surface area contributed by atoms with Gasteiger partial charge in [-0.1, -0.05) is 60.7 Å². The summed E-state index contributed by atoms with van der Waals surface area (Å²) in [5, 5.41) is 9.13. The molecule has 4 heteroatoms. The van der Waals surface area contributed by atoms with Crippen LogP contribution in [0.25, 0.3) is 5.57 Å². The Bertz CT molecular complexity index is 646. The van der Waals surface area contributed by atoms with E-state index in [1.807, 2.05) is 60.7 Å². The first kappa shape index (κ1) is 15.5. The van der Waals surface area contributed by atoms with Crippen molar-refractivity contribution < 1.29 is 19.4 Å². The zero-order chi connectivity index (χ0) is 15.9. The van der Waals surface area contributed by atoms with Crippen molar-refractivity contribution in [3.63, 3.8) is 0 Å². The summed E-state index contributed by atoms with van der Waals surface area (Å²) in [6.07, 6.45) is -0.397. The van der Waals surface area contributed by atoms with Crippen molar-refractivity contribution in [3.05, 3.63) is 77.4 Å². The number of hydrogen-bond acceptors (Lipinski definition) is 3. The number of aliphatic carboxylic acids is 1. The van der Waals surface area contributed by atoms with E-state index >= 15 is 0 Å². The average Bonchev–Trinajstić information content (AvgIpc) is 2.55. The van der Waals surface area contributed by atoms with Crippen molar-refractivity contribution >= 4 is 17.5 Å². The molecule has 0 radical (unpaired) electrons. The minimum atomic E-state index is -1.08. The highest BCUT2D eigenvalue weighted by Gasteiger charge is 2.21. The third-order valence-corrected chi connectivity index (χ3v) is 3.19. The van der Waals surface area contributed by atoms with Gasteiger partial charge in [-0.25, -0.2) is 4.79 Å². The van der Waals surface area contributed by atoms with Crippen LogP contribution in [0.1, 0.15) is 17.5 Å². The van der Waals surface area contributed by atoms with Gasteiger partial charge >= 0.3 is 11.9 Å². The zero-order valence-electron chi connectivity index (χ0n) is 12.2. The molecule has 0 atom stereocenters. The fourth-order valence-electron chi connectivity index (χ4n) is 2.26. The average molecular weight is 296 g/mol. The Morgan fingerprint density at radius 1 is 0.909 bits per heavy atom. The predicted molar refractivity (Wildman–Crippen MR) is 83.2 cm³/mol. The largest absolute Gasteiger partial charge is 0.481 e. The smallest absolute Gasteiger partial charge is 0.334 e. The van der Waals surface area contributed by atoms with E-state index in [2.05, 4.69) is 0 Å². The number of carboxylic acid groups (broad SMARTS) is 1. The maximum atomic E-state index is 12.1. The van der Waals surface area contributed by atoms with E-state index in [9.17, 15) is 9.59 Å². The molecule has 0 aliphatic carbocycles. The zero-order valence-corrected chi connectivity index (χ0v) is 12.2. The molecule has 2 aromatic carbocycles. The van der Waals surface area contributed by atoms with E-state index in [0.717, 1.165) is 11.1 Å². The van der Waals surface area contributed by atoms with Crippen molar-refractivity contribution in [3.8, 4) is 0 Å². The lowest BCUT2D eigenvalue weighted by Crippen LogP contribution is -2.12. The number of rotatable bonds is 5. The first-order valence-electron chi connectivity index (χ1n) is 6.77. The molecule has 0 amide bonds. The summed E-state index contributed by atoms with van der Waals surface area (Å²) in [6, 6.07) is 18.5. The summed E-state index contributed by atoms with van der Waals surface area (Å²) in [5.41, 5.74) is 2.26. The van der Waals surface area contributed by atoms with Crippen LogP contribution in [0.5, 0.6) is 0 Å². The molecule has 0 saturated heterocycles. The molecule has 2 rings (SSSR count). The number of carbonyl (C=O) groups excluding carboxylic acids is 1. The van der Waals surface area contributed by atoms with Crippen LogP contribution in [0.15, 0.2) is 66.2 Å². The van der Waals surface area contributed by atoms with Crippen LogP contribution in [0.3, 0.4) is 0 Å². The standard InChI is InChI=1S/C18H16O4/c1-22-18(21)15(12-16(19)20)17(13-8-4-2-5-9-13)14-10-6-3-7-11-14/h2-11H,12H2,1H3,(H,19,20). The highest BCUT2D eigenvalue weighted by Crippen LogP contribution is 2.29. The van der Waals surface area contributed by atoms with Gasteiger partial charge in [0.15, 0.2) is 0 Å². The maximum absolute atomic E-state index is 12.1. The Morgan fingerprint density at radius 2 is 1.36 bits per heavy atom. The molecule has 4 nitrogen and oxygen atoms in total. The van der Waals surface area contributed by atoms with Crippen molar-refractivity contribution in [1.29, 1.82) is 0 Å². The Hall–Kier alpha value is -2.88. The molecule has 0 saturated carbocycles. The lowest BCUT2D eigenvalue weighted by atomic mass is 9.91. The highest BCUT2D eigenvalue weighted by molar-refractivity contribution is 6.04. The minimum absolute atomic E-state index is 0.132. The van der Waals surface area contributed by atoms with Crippen molar-refractivity contribution in [2.24, 2.45) is 0 Å². The molecule has 112 valence electrons. The normalized spacial score (nSPS) is 9.86. The number of esters is 1. The van der Waals surface area contributed by atoms with E-state index in [1.165, 1.54) is 7.11 Å². The topological polar surface area (TPSA) is 63.6 Å². The van der Waals surface area contributed by atoms with Crippen LogP contribution >= 0.6 is 0 Å². The van der Waals surface area contributed by atoms with Gasteiger partial charge < -0.3 is 9.84 Å². The van der Waals surface area contributed by atoms with Crippen molar-refractivity contribution in [2.45, 2.75) is 6.42 Å². The van der Waals surface area contributed by atoms with Gasteiger partial charge in [0.1, 0.15) is 0 Å². The Kier molecular flexibility index (Phi) is 5.09. The first-order valence-corrected chi connectivity index (χ1v) is 6.77. The SMILES string of the molecule is COC(=O)C(CC(=O)O)=C(c1ccccc1)c1ccccc1. The van der Waals surface area contributed by atoms with E-state index in [0.29, 0.717) is 5.57 Å². The third-order valence-electron chi connectivity index (χ3n) is 3.19. The second-order valence-corrected chi connectivity index (χ2v) is 4.65. The van der Waals surface area contributed by atoms with Gasteiger partial charge in [-0.15, -0.1) is 0 Å². The molecule has 0 aromatic heterocycles. The molecule has 0 aliphatic heterocycles. The lowest BCUT2D eigenvalue weighted by molar-refractivity contribution is -0.141. The Balaban J connectivity index is 2.71. The van der Waals surface area contributed by atoms with Gasteiger partial charge in [0.05, 0.1) is 19.1 Å². The van der Waals surface area contributed by atoms with E-state index < -0.39 is 18.4 Å². The number of carbonyl (C=O) groups is 2. The van der Waals surface area contributed by atoms with Gasteiger partial charge in [0.2, 0.25) is 0 Å². The summed E-state index contributed by atoms with van der Waals surface area (Å²) in [6.45, 7) is 0. The molecule has 0 fully saturated rings. The molecule has 0 spiro atoms. The second kappa shape index (κ2) is 7.22. The number of methoxy groups -OCH3 is 1. The first-order chi connectivity index (χ1) is 10.6. The molecule has 1 N–H and O–H groups in total. The van der Waals surface area contributed by atoms with Gasteiger partial charge in [0, 0.05) is 0 Å². The summed E-state index contributed by atoms with van der Waals surface area (Å²) in [4.78, 5) is 23.2. The van der Waals surface area contributed by atoms with Gasteiger partial charge in [-0.3, -0.25) is 4.79 Å². The summed E-state index contributed by atoms with van der Waals surface area (Å²) in [7, 11) is 1.25. The number of carboxylic acids is 1. The van der Waals surface area contributed by atoms with Crippen LogP contribution in [0, 0.1) is 0 Å². The number of hydrogen-bond donors (Lipinski definition) is 1. The van der Waals surface area contributed by atoms with E-state index in [1.54, 1.807) is 0 Å². The van der Waals surface area contributed by atoms with Crippen LogP contribution in [0.2, 0.25) is 0 Å². The quantitative estimate of drug-likeness (QED) is 0.680. The van der Waals surface area contributed by atoms with E-state index in [4.69, 9.17) is 9.84 Å². The predicted octanol–water partition coefficient (Wildman–Crippen LogP) is 3.14. The number of benzene rings is 2. The van der Waals surface area contributed by atoms with Crippen LogP contribution in [0.4, 0.5) is 0 Å². The molecule has 0 unspecified atom stereocenters. The molecule has 2 aromatic rings. The molecule has 0 heterocycles. The highest BCUT2D eigenvalue weighted by atomic mass is 16.5. The van der Waals surface area contributed by atoms with Crippen molar-refractivity contribution in [2.75, 3.05) is 7.11 Å². The summed E-state index contributed by atoms with van der Waals surface area (Å²) in [5.74, 6) is -1.71. The fourth-order valence-corrected chi connectivity index (χ4v) is 2.26. The van der Waals surface area contributed by atoms with Crippen LogP contribution in [-0.4, -0.2) is 24.2 Å². The third kappa shape index (κ3) is 3.61. The molecular formula is C18H16O4. The van der Waals surface area contributed by atoms with E-state index in [-0.39, 0.29) is 5.57 Å². The fraction of sp³-hybridized carbons (Fsp3) is 0.111. The summed E-state index contributed by atoms with van der Waals surface area (Å²) >= 11 is 0. The lowest BCUT2D eigenvalue weighted by Gasteiger charge is -2.14.